The van der Waals surface area contributed by atoms with Gasteiger partial charge < -0.3 is 29.9 Å². The van der Waals surface area contributed by atoms with Crippen molar-refractivity contribution < 1.29 is 34.7 Å². The number of rotatable bonds is 27. The van der Waals surface area contributed by atoms with Gasteiger partial charge in [-0.25, -0.2) is 4.79 Å². The van der Waals surface area contributed by atoms with Crippen LogP contribution in [0.3, 0.4) is 0 Å². The summed E-state index contributed by atoms with van der Waals surface area (Å²) < 4.78 is 11.2. The predicted molar refractivity (Wildman–Crippen MR) is 177 cm³/mol. The smallest absolute Gasteiger partial charge is 0.334 e. The van der Waals surface area contributed by atoms with Crippen LogP contribution in [0.25, 0.3) is 0 Å². The zero-order valence-electron chi connectivity index (χ0n) is 28.1. The number of hydrogen-bond acceptors (Lipinski definition) is 7. The van der Waals surface area contributed by atoms with Crippen LogP contribution in [0, 0.1) is 0 Å². The number of aliphatic hydroxyl groups is 4. The molecule has 0 aliphatic carbocycles. The first kappa shape index (κ1) is 38.9. The number of esters is 1. The topological polar surface area (TPSA) is 116 Å². The third kappa shape index (κ3) is 17.4. The second-order valence-electron chi connectivity index (χ2n) is 13.5. The minimum atomic E-state index is -0.827. The van der Waals surface area contributed by atoms with Crippen molar-refractivity contribution in [3.05, 3.63) is 23.8 Å². The standard InChI is InChI=1S/C37H66O7/c1-3-4-5-6-7-8-9-10-11-12-13-14-15-19-22-33(39)34(40)24-25-35(41)36-26-23-32(44-36)21-18-16-17-20-31(38)28-30-27-29(2)43-37(30)42/h14-15,27,29,31-36,38-41H,3-13,16-26,28H2,1-2H3/b15-14-/t29?,31?,32?,33-,34-,35-,36+/m1/s1. The lowest BCUT2D eigenvalue weighted by Gasteiger charge is -2.22. The Balaban J connectivity index is 1.43. The van der Waals surface area contributed by atoms with E-state index in [1.807, 2.05) is 6.92 Å². The maximum Gasteiger partial charge on any atom is 0.334 e. The van der Waals surface area contributed by atoms with E-state index in [1.54, 1.807) is 6.08 Å². The summed E-state index contributed by atoms with van der Waals surface area (Å²) >= 11 is 0. The number of aliphatic hydroxyl groups excluding tert-OH is 4. The monoisotopic (exact) mass is 622 g/mol. The van der Waals surface area contributed by atoms with Gasteiger partial charge in [0, 0.05) is 12.0 Å². The molecule has 2 aliphatic rings. The molecule has 44 heavy (non-hydrogen) atoms. The maximum absolute atomic E-state index is 11.7. The molecule has 0 aromatic rings. The van der Waals surface area contributed by atoms with E-state index in [0.717, 1.165) is 51.4 Å². The van der Waals surface area contributed by atoms with Gasteiger partial charge >= 0.3 is 5.97 Å². The number of carbonyl (C=O) groups is 1. The second-order valence-corrected chi connectivity index (χ2v) is 13.5. The Morgan fingerprint density at radius 2 is 1.41 bits per heavy atom. The zero-order valence-corrected chi connectivity index (χ0v) is 28.1. The van der Waals surface area contributed by atoms with Crippen molar-refractivity contribution in [2.75, 3.05) is 0 Å². The number of allylic oxidation sites excluding steroid dienone is 2. The lowest BCUT2D eigenvalue weighted by atomic mass is 9.98. The lowest BCUT2D eigenvalue weighted by Crippen LogP contribution is -2.31. The molecule has 1 fully saturated rings. The summed E-state index contributed by atoms with van der Waals surface area (Å²) in [5.74, 6) is -0.310. The SMILES string of the molecule is CCCCCCCCCCCC/C=C\CC[C@@H](O)[C@H](O)CC[C@@H](O)[C@@H]1CCC(CCCCCC(O)CC2=CC(C)OC2=O)O1. The van der Waals surface area contributed by atoms with Gasteiger partial charge in [-0.2, -0.15) is 0 Å². The Hall–Kier alpha value is -1.25. The molecular weight excluding hydrogens is 556 g/mol. The molecule has 3 unspecified atom stereocenters. The highest BCUT2D eigenvalue weighted by Crippen LogP contribution is 2.28. The fourth-order valence-electron chi connectivity index (χ4n) is 6.46. The molecule has 2 aliphatic heterocycles. The summed E-state index contributed by atoms with van der Waals surface area (Å²) in [5, 5.41) is 41.6. The Labute approximate surface area is 268 Å². The lowest BCUT2D eigenvalue weighted by molar-refractivity contribution is -0.139. The normalized spacial score (nSPS) is 23.2. The number of carbonyl (C=O) groups excluding carboxylic acids is 1. The highest BCUT2D eigenvalue weighted by Gasteiger charge is 2.31. The molecule has 7 atom stereocenters. The summed E-state index contributed by atoms with van der Waals surface area (Å²) in [4.78, 5) is 11.7. The average Bonchev–Trinajstić information content (AvgIpc) is 3.60. The number of cyclic esters (lactones) is 1. The number of hydrogen-bond donors (Lipinski definition) is 4. The van der Waals surface area contributed by atoms with E-state index in [-0.39, 0.29) is 24.3 Å². The van der Waals surface area contributed by atoms with Crippen LogP contribution in [0.4, 0.5) is 0 Å². The van der Waals surface area contributed by atoms with Gasteiger partial charge in [0.25, 0.3) is 0 Å². The Morgan fingerprint density at radius 1 is 0.773 bits per heavy atom. The molecule has 7 heteroatoms. The van der Waals surface area contributed by atoms with Gasteiger partial charge in [-0.05, 0) is 77.2 Å². The van der Waals surface area contributed by atoms with Gasteiger partial charge in [0.15, 0.2) is 0 Å². The molecule has 1 saturated heterocycles. The number of unbranched alkanes of at least 4 members (excludes halogenated alkanes) is 12. The van der Waals surface area contributed by atoms with E-state index in [4.69, 9.17) is 9.47 Å². The van der Waals surface area contributed by atoms with Crippen LogP contribution in [0.1, 0.15) is 162 Å². The van der Waals surface area contributed by atoms with Crippen molar-refractivity contribution in [1.29, 1.82) is 0 Å². The van der Waals surface area contributed by atoms with E-state index in [0.29, 0.717) is 37.7 Å². The molecule has 0 aromatic carbocycles. The van der Waals surface area contributed by atoms with Gasteiger partial charge in [0.2, 0.25) is 0 Å². The second kappa shape index (κ2) is 24.0. The molecule has 0 amide bonds. The maximum atomic E-state index is 11.7. The Kier molecular flexibility index (Phi) is 21.2. The summed E-state index contributed by atoms with van der Waals surface area (Å²) in [6.45, 7) is 4.08. The molecule has 0 bridgehead atoms. The van der Waals surface area contributed by atoms with Crippen LogP contribution in [0.5, 0.6) is 0 Å². The Bertz CT molecular complexity index is 797. The van der Waals surface area contributed by atoms with Crippen LogP contribution in [0.15, 0.2) is 23.8 Å². The third-order valence-electron chi connectivity index (χ3n) is 9.30. The van der Waals surface area contributed by atoms with Crippen molar-refractivity contribution in [3.63, 3.8) is 0 Å². The van der Waals surface area contributed by atoms with Crippen molar-refractivity contribution in [2.45, 2.75) is 204 Å². The highest BCUT2D eigenvalue weighted by atomic mass is 16.5. The zero-order chi connectivity index (χ0) is 32.0. The van der Waals surface area contributed by atoms with Crippen molar-refractivity contribution in [1.82, 2.24) is 0 Å². The molecule has 0 aromatic heterocycles. The molecule has 7 nitrogen and oxygen atoms in total. The highest BCUT2D eigenvalue weighted by molar-refractivity contribution is 5.90. The van der Waals surface area contributed by atoms with Gasteiger partial charge in [-0.1, -0.05) is 96.1 Å². The largest absolute Gasteiger partial charge is 0.455 e. The van der Waals surface area contributed by atoms with Gasteiger partial charge in [0.1, 0.15) is 6.10 Å². The quantitative estimate of drug-likeness (QED) is 0.0423. The van der Waals surface area contributed by atoms with E-state index < -0.39 is 24.4 Å². The average molecular weight is 623 g/mol. The van der Waals surface area contributed by atoms with Gasteiger partial charge in [0.05, 0.1) is 36.6 Å². The first-order chi connectivity index (χ1) is 21.3. The number of ether oxygens (including phenoxy) is 2. The molecule has 0 saturated carbocycles. The molecule has 0 radical (unpaired) electrons. The predicted octanol–water partition coefficient (Wildman–Crippen LogP) is 7.62. The summed E-state index contributed by atoms with van der Waals surface area (Å²) in [6, 6.07) is 0. The van der Waals surface area contributed by atoms with Crippen molar-refractivity contribution >= 4 is 5.97 Å². The molecule has 0 spiro atoms. The summed E-state index contributed by atoms with van der Waals surface area (Å²) in [6.07, 6.45) is 26.3. The molecule has 2 rings (SSSR count). The minimum absolute atomic E-state index is 0.141. The van der Waals surface area contributed by atoms with Crippen LogP contribution >= 0.6 is 0 Å². The van der Waals surface area contributed by atoms with Gasteiger partial charge in [-0.3, -0.25) is 0 Å². The molecule has 2 heterocycles. The van der Waals surface area contributed by atoms with E-state index in [1.165, 1.54) is 64.2 Å². The molecule has 256 valence electrons. The first-order valence-electron chi connectivity index (χ1n) is 18.2. The van der Waals surface area contributed by atoms with Crippen LogP contribution in [-0.4, -0.2) is 69.1 Å². The van der Waals surface area contributed by atoms with Crippen molar-refractivity contribution in [3.8, 4) is 0 Å². The fraction of sp³-hybridized carbons (Fsp3) is 0.865. The minimum Gasteiger partial charge on any atom is -0.455 e. The van der Waals surface area contributed by atoms with E-state index >= 15 is 0 Å². The van der Waals surface area contributed by atoms with Crippen molar-refractivity contribution in [2.24, 2.45) is 0 Å². The molecular formula is C37H66O7. The third-order valence-corrected chi connectivity index (χ3v) is 9.30. The molecule has 4 N–H and O–H groups in total. The van der Waals surface area contributed by atoms with Crippen LogP contribution in [0.2, 0.25) is 0 Å². The first-order valence-corrected chi connectivity index (χ1v) is 18.2. The van der Waals surface area contributed by atoms with Gasteiger partial charge in [-0.15, -0.1) is 0 Å². The Morgan fingerprint density at radius 3 is 2.09 bits per heavy atom. The van der Waals surface area contributed by atoms with Crippen LogP contribution in [-0.2, 0) is 14.3 Å². The van der Waals surface area contributed by atoms with Crippen LogP contribution < -0.4 is 0 Å². The van der Waals surface area contributed by atoms with E-state index in [9.17, 15) is 25.2 Å². The van der Waals surface area contributed by atoms with E-state index in [2.05, 4.69) is 19.1 Å². The summed E-state index contributed by atoms with van der Waals surface area (Å²) in [5.41, 5.74) is 0.582. The fourth-order valence-corrected chi connectivity index (χ4v) is 6.46. The summed E-state index contributed by atoms with van der Waals surface area (Å²) in [7, 11) is 0.